The highest BCUT2D eigenvalue weighted by Crippen LogP contribution is 2.29. The van der Waals surface area contributed by atoms with Crippen molar-refractivity contribution in [3.8, 4) is 0 Å². The maximum absolute atomic E-state index is 13.3. The van der Waals surface area contributed by atoms with E-state index in [-0.39, 0.29) is 5.91 Å². The van der Waals surface area contributed by atoms with E-state index in [1.165, 1.54) is 63.0 Å². The Labute approximate surface area is 344 Å². The molecule has 2 aromatic heterocycles. The molecular formula is C50H48N6O3. The molecule has 2 fully saturated rings. The summed E-state index contributed by atoms with van der Waals surface area (Å²) in [6.45, 7) is 4.62. The van der Waals surface area contributed by atoms with E-state index in [0.29, 0.717) is 32.9 Å². The Bertz CT molecular complexity index is 2620. The fourth-order valence-electron chi connectivity index (χ4n) is 8.09. The molecule has 0 spiro atoms. The molecule has 2 aliphatic heterocycles. The van der Waals surface area contributed by atoms with E-state index < -0.39 is 5.97 Å². The molecule has 59 heavy (non-hydrogen) atoms. The number of nitrogens with one attached hydrogen (secondary N) is 1. The van der Waals surface area contributed by atoms with E-state index in [4.69, 9.17) is 10.7 Å². The number of aromatic carboxylic acids is 1. The van der Waals surface area contributed by atoms with Crippen molar-refractivity contribution in [3.05, 3.63) is 157 Å². The van der Waals surface area contributed by atoms with Gasteiger partial charge in [-0.25, -0.2) is 14.8 Å². The van der Waals surface area contributed by atoms with Crippen molar-refractivity contribution in [2.75, 3.05) is 47.0 Å². The number of rotatable bonds is 5. The van der Waals surface area contributed by atoms with Crippen LogP contribution in [0.1, 0.15) is 59.2 Å². The van der Waals surface area contributed by atoms with Crippen molar-refractivity contribution in [3.63, 3.8) is 0 Å². The molecular weight excluding hydrogens is 733 g/mol. The smallest absolute Gasteiger partial charge is 0.337 e. The lowest BCUT2D eigenvalue weighted by Gasteiger charge is -2.28. The minimum absolute atomic E-state index is 0.106. The van der Waals surface area contributed by atoms with Crippen molar-refractivity contribution < 1.29 is 14.7 Å². The molecule has 4 N–H and O–H groups in total. The van der Waals surface area contributed by atoms with Crippen molar-refractivity contribution in [2.45, 2.75) is 38.5 Å². The number of carbonyl (C=O) groups is 2. The average Bonchev–Trinajstić information content (AvgIpc) is 3.28. The monoisotopic (exact) mass is 780 g/mol. The van der Waals surface area contributed by atoms with Gasteiger partial charge in [0.2, 0.25) is 0 Å². The molecule has 2 saturated heterocycles. The maximum atomic E-state index is 13.3. The molecule has 8 aromatic rings. The van der Waals surface area contributed by atoms with Crippen molar-refractivity contribution in [1.29, 1.82) is 0 Å². The number of nitrogens with two attached hydrogens (primary N) is 1. The van der Waals surface area contributed by atoms with Gasteiger partial charge in [-0.1, -0.05) is 72.8 Å². The number of aromatic nitrogens is 2. The predicted octanol–water partition coefficient (Wildman–Crippen LogP) is 11.0. The topological polar surface area (TPSA) is 125 Å². The quantitative estimate of drug-likeness (QED) is 0.116. The van der Waals surface area contributed by atoms with Gasteiger partial charge in [0.25, 0.3) is 5.91 Å². The third-order valence-electron chi connectivity index (χ3n) is 11.1. The summed E-state index contributed by atoms with van der Waals surface area (Å²) in [6.07, 6.45) is 7.85. The third-order valence-corrected chi connectivity index (χ3v) is 11.1. The molecule has 2 aliphatic rings. The fourth-order valence-corrected chi connectivity index (χ4v) is 8.09. The van der Waals surface area contributed by atoms with E-state index in [1.807, 2.05) is 109 Å². The molecule has 9 nitrogen and oxygen atoms in total. The first-order valence-electron chi connectivity index (χ1n) is 20.5. The van der Waals surface area contributed by atoms with Crippen LogP contribution >= 0.6 is 0 Å². The number of nitrogen functional groups attached to an aromatic ring is 1. The van der Waals surface area contributed by atoms with E-state index in [2.05, 4.69) is 44.4 Å². The lowest BCUT2D eigenvalue weighted by atomic mass is 10.0. The largest absolute Gasteiger partial charge is 0.478 e. The molecule has 1 amide bonds. The van der Waals surface area contributed by atoms with Crippen LogP contribution < -0.4 is 20.9 Å². The summed E-state index contributed by atoms with van der Waals surface area (Å²) in [5.41, 5.74) is 13.9. The lowest BCUT2D eigenvalue weighted by Crippen LogP contribution is -2.29. The van der Waals surface area contributed by atoms with Gasteiger partial charge < -0.3 is 26.0 Å². The van der Waals surface area contributed by atoms with Gasteiger partial charge in [0.1, 0.15) is 0 Å². The fraction of sp³-hybridized carbons (Fsp3) is 0.200. The van der Waals surface area contributed by atoms with E-state index >= 15 is 0 Å². The first-order chi connectivity index (χ1) is 28.9. The Morgan fingerprint density at radius 1 is 0.475 bits per heavy atom. The number of hydrogen-bond acceptors (Lipinski definition) is 7. The van der Waals surface area contributed by atoms with Crippen LogP contribution in [0.4, 0.5) is 22.7 Å². The Morgan fingerprint density at radius 2 is 0.831 bits per heavy atom. The Kier molecular flexibility index (Phi) is 11.9. The third kappa shape index (κ3) is 8.95. The van der Waals surface area contributed by atoms with Gasteiger partial charge in [-0.2, -0.15) is 0 Å². The van der Waals surface area contributed by atoms with Gasteiger partial charge in [-0.3, -0.25) is 4.79 Å². The van der Waals surface area contributed by atoms with Crippen LogP contribution in [0.25, 0.3) is 43.6 Å². The molecule has 6 aromatic carbocycles. The summed E-state index contributed by atoms with van der Waals surface area (Å²) in [5, 5.41) is 15.5. The summed E-state index contributed by atoms with van der Waals surface area (Å²) in [6, 6.07) is 46.6. The summed E-state index contributed by atoms with van der Waals surface area (Å²) in [4.78, 5) is 38.7. The number of carboxylic acids is 1. The van der Waals surface area contributed by atoms with Crippen molar-refractivity contribution in [1.82, 2.24) is 9.97 Å². The van der Waals surface area contributed by atoms with Gasteiger partial charge in [-0.15, -0.1) is 0 Å². The van der Waals surface area contributed by atoms with Gasteiger partial charge >= 0.3 is 5.97 Å². The summed E-state index contributed by atoms with van der Waals surface area (Å²) in [5.74, 6) is -1.02. The van der Waals surface area contributed by atoms with Crippen LogP contribution in [-0.2, 0) is 0 Å². The minimum Gasteiger partial charge on any atom is -0.478 e. The molecule has 0 bridgehead atoms. The number of amides is 1. The highest BCUT2D eigenvalue weighted by Gasteiger charge is 2.18. The molecule has 0 saturated carbocycles. The van der Waals surface area contributed by atoms with Crippen LogP contribution in [0.2, 0.25) is 0 Å². The average molecular weight is 781 g/mol. The number of fused-ring (bicyclic) bond motifs is 4. The first-order valence-corrected chi connectivity index (χ1v) is 20.5. The number of carboxylic acid groups (broad SMARTS) is 1. The highest BCUT2D eigenvalue weighted by atomic mass is 16.4. The maximum Gasteiger partial charge on any atom is 0.337 e. The number of benzene rings is 6. The van der Waals surface area contributed by atoms with Crippen LogP contribution in [0, 0.1) is 0 Å². The van der Waals surface area contributed by atoms with Gasteiger partial charge in [0.05, 0.1) is 33.2 Å². The summed E-state index contributed by atoms with van der Waals surface area (Å²) >= 11 is 0. The zero-order valence-corrected chi connectivity index (χ0v) is 33.1. The number of nitrogens with zero attached hydrogens (tertiary/aromatic N) is 4. The SMILES string of the molecule is Nc1ccc(N2CCCCC2)cc1.O=C(Nc1ccc(N2CCCCC2)cc1)c1c2ccccc2nc2ccccc12.O=C(O)c1c2ccccc2nc2ccccc12. The number of piperidine rings is 2. The molecule has 4 heterocycles. The standard InChI is InChI=1S/C25H23N3O.C14H9NO2.C11H16N2/c29-25(26-18-12-14-19(15-13-18)28-16-6-1-7-17-28)24-20-8-2-4-10-22(20)27-23-11-5-3-9-21(23)24;16-14(17)13-9-5-1-3-7-11(9)15-12-8-4-2-6-10(12)13;12-10-4-6-11(7-5-10)13-8-2-1-3-9-13/h2-5,8-15H,1,6-7,16-17H2,(H,26,29);1-8H,(H,16,17);4-7H,1-3,8-9,12H2. The van der Waals surface area contributed by atoms with Crippen LogP contribution in [-0.4, -0.2) is 53.1 Å². The predicted molar refractivity (Wildman–Crippen MR) is 243 cm³/mol. The Morgan fingerprint density at radius 3 is 1.22 bits per heavy atom. The Balaban J connectivity index is 0.000000136. The van der Waals surface area contributed by atoms with Crippen LogP contribution in [0.15, 0.2) is 146 Å². The van der Waals surface area contributed by atoms with Gasteiger partial charge in [0, 0.05) is 70.5 Å². The normalized spacial score (nSPS) is 14.0. The number of pyridine rings is 2. The minimum atomic E-state index is -0.917. The van der Waals surface area contributed by atoms with Gasteiger partial charge in [-0.05, 0) is 111 Å². The van der Waals surface area contributed by atoms with E-state index in [1.54, 1.807) is 12.1 Å². The van der Waals surface area contributed by atoms with Crippen LogP contribution in [0.5, 0.6) is 0 Å². The highest BCUT2D eigenvalue weighted by molar-refractivity contribution is 6.20. The Hall–Kier alpha value is -7.00. The van der Waals surface area contributed by atoms with E-state index in [0.717, 1.165) is 46.3 Å². The molecule has 0 aliphatic carbocycles. The summed E-state index contributed by atoms with van der Waals surface area (Å²) in [7, 11) is 0. The second kappa shape index (κ2) is 18.1. The van der Waals surface area contributed by atoms with Gasteiger partial charge in [0.15, 0.2) is 0 Å². The molecule has 0 atom stereocenters. The number of carbonyl (C=O) groups excluding carboxylic acids is 1. The van der Waals surface area contributed by atoms with Crippen molar-refractivity contribution >= 4 is 78.2 Å². The first kappa shape index (κ1) is 38.9. The molecule has 0 radical (unpaired) electrons. The van der Waals surface area contributed by atoms with Crippen LogP contribution in [0.3, 0.4) is 0 Å². The lowest BCUT2D eigenvalue weighted by molar-refractivity contribution is 0.0700. The molecule has 9 heteroatoms. The second-order valence-electron chi connectivity index (χ2n) is 15.0. The second-order valence-corrected chi connectivity index (χ2v) is 15.0. The number of hydrogen-bond donors (Lipinski definition) is 3. The molecule has 296 valence electrons. The zero-order chi connectivity index (χ0) is 40.6. The zero-order valence-electron chi connectivity index (χ0n) is 33.1. The van der Waals surface area contributed by atoms with Crippen molar-refractivity contribution in [2.24, 2.45) is 0 Å². The molecule has 10 rings (SSSR count). The van der Waals surface area contributed by atoms with E-state index in [9.17, 15) is 14.7 Å². The number of para-hydroxylation sites is 4. The number of anilines is 4. The molecule has 0 unspecified atom stereocenters. The summed E-state index contributed by atoms with van der Waals surface area (Å²) < 4.78 is 0.